The van der Waals surface area contributed by atoms with Crippen molar-refractivity contribution in [3.8, 4) is 0 Å². The molecule has 0 aliphatic carbocycles. The Morgan fingerprint density at radius 1 is 1.09 bits per heavy atom. The first-order valence-corrected chi connectivity index (χ1v) is 12.7. The first kappa shape index (κ1) is 23.0. The highest BCUT2D eigenvalue weighted by Crippen LogP contribution is 2.31. The third-order valence-corrected chi connectivity index (χ3v) is 7.72. The normalized spacial score (nSPS) is 14.1. The molecule has 1 aliphatic heterocycles. The maximum Gasteiger partial charge on any atom is 0.266 e. The van der Waals surface area contributed by atoms with E-state index in [1.54, 1.807) is 6.07 Å². The molecule has 1 aliphatic rings. The first-order chi connectivity index (χ1) is 15.2. The molecule has 3 aromatic rings. The van der Waals surface area contributed by atoms with E-state index in [-0.39, 0.29) is 21.7 Å². The van der Waals surface area contributed by atoms with Crippen molar-refractivity contribution in [1.29, 1.82) is 0 Å². The van der Waals surface area contributed by atoms with Gasteiger partial charge in [-0.15, -0.1) is 0 Å². The van der Waals surface area contributed by atoms with Crippen LogP contribution in [-0.4, -0.2) is 26.5 Å². The van der Waals surface area contributed by atoms with E-state index in [0.717, 1.165) is 54.6 Å². The molecule has 2 aromatic carbocycles. The standard InChI is InChI=1S/C20H18Cl2F2N4O2S2/c21-13-4-3-12(17(7-13)28-5-1-2-6-28)10-25-16-8-15(24)18(9-14(16)23)32(29,30)27-20-26-11-19(22)31-20/h3-4,7-9,11,25H,1-2,5-6,10H2,(H,26,27). The Morgan fingerprint density at radius 3 is 2.53 bits per heavy atom. The van der Waals surface area contributed by atoms with Crippen LogP contribution >= 0.6 is 34.5 Å². The third kappa shape index (κ3) is 5.09. The molecule has 1 fully saturated rings. The number of thiazole rings is 1. The SMILES string of the molecule is O=S(=O)(Nc1ncc(Cl)s1)c1cc(F)c(NCc2ccc(Cl)cc2N2CCCC2)cc1F. The summed E-state index contributed by atoms with van der Waals surface area (Å²) in [6.07, 6.45) is 3.41. The highest BCUT2D eigenvalue weighted by molar-refractivity contribution is 7.93. The summed E-state index contributed by atoms with van der Waals surface area (Å²) < 4.78 is 56.6. The van der Waals surface area contributed by atoms with Gasteiger partial charge < -0.3 is 10.2 Å². The number of hydrogen-bond donors (Lipinski definition) is 2. The Kier molecular flexibility index (Phi) is 6.75. The van der Waals surface area contributed by atoms with Crippen LogP contribution in [0, 0.1) is 11.6 Å². The molecule has 4 rings (SSSR count). The summed E-state index contributed by atoms with van der Waals surface area (Å²) in [7, 11) is -4.38. The van der Waals surface area contributed by atoms with E-state index < -0.39 is 26.6 Å². The van der Waals surface area contributed by atoms with E-state index >= 15 is 0 Å². The van der Waals surface area contributed by atoms with Crippen molar-refractivity contribution in [3.63, 3.8) is 0 Å². The zero-order valence-corrected chi connectivity index (χ0v) is 19.7. The number of nitrogens with one attached hydrogen (secondary N) is 2. The number of halogens is 4. The molecule has 1 aromatic heterocycles. The van der Waals surface area contributed by atoms with Gasteiger partial charge in [-0.05, 0) is 36.6 Å². The van der Waals surface area contributed by atoms with E-state index in [1.165, 1.54) is 6.20 Å². The molecule has 0 unspecified atom stereocenters. The van der Waals surface area contributed by atoms with Crippen molar-refractivity contribution in [2.75, 3.05) is 28.0 Å². The van der Waals surface area contributed by atoms with Gasteiger partial charge in [-0.1, -0.05) is 40.6 Å². The van der Waals surface area contributed by atoms with Crippen molar-refractivity contribution in [2.24, 2.45) is 0 Å². The van der Waals surface area contributed by atoms with Crippen LogP contribution in [0.25, 0.3) is 0 Å². The van der Waals surface area contributed by atoms with Crippen LogP contribution in [0.15, 0.2) is 41.4 Å². The second kappa shape index (κ2) is 9.38. The number of benzene rings is 2. The molecule has 1 saturated heterocycles. The minimum Gasteiger partial charge on any atom is -0.378 e. The Hall–Kier alpha value is -2.14. The topological polar surface area (TPSA) is 74.3 Å². The number of anilines is 3. The van der Waals surface area contributed by atoms with Crippen LogP contribution < -0.4 is 14.9 Å². The Balaban J connectivity index is 1.54. The molecule has 0 atom stereocenters. The Morgan fingerprint density at radius 2 is 1.84 bits per heavy atom. The molecule has 0 spiro atoms. The molecule has 32 heavy (non-hydrogen) atoms. The highest BCUT2D eigenvalue weighted by atomic mass is 35.5. The van der Waals surface area contributed by atoms with E-state index in [0.29, 0.717) is 11.1 Å². The van der Waals surface area contributed by atoms with E-state index in [9.17, 15) is 17.2 Å². The van der Waals surface area contributed by atoms with Crippen molar-refractivity contribution < 1.29 is 17.2 Å². The molecular weight excluding hydrogens is 501 g/mol. The quantitative estimate of drug-likeness (QED) is 0.417. The summed E-state index contributed by atoms with van der Waals surface area (Å²) in [4.78, 5) is 5.14. The molecule has 0 amide bonds. The van der Waals surface area contributed by atoms with Crippen LogP contribution in [-0.2, 0) is 16.6 Å². The number of rotatable bonds is 7. The fourth-order valence-corrected chi connectivity index (χ4v) is 5.76. The van der Waals surface area contributed by atoms with Crippen LogP contribution in [0.1, 0.15) is 18.4 Å². The summed E-state index contributed by atoms with van der Waals surface area (Å²) >= 11 is 12.7. The van der Waals surface area contributed by atoms with E-state index in [1.807, 2.05) is 12.1 Å². The fraction of sp³-hybridized carbons (Fsp3) is 0.250. The highest BCUT2D eigenvalue weighted by Gasteiger charge is 2.24. The summed E-state index contributed by atoms with van der Waals surface area (Å²) in [6, 6.07) is 6.89. The van der Waals surface area contributed by atoms with Gasteiger partial charge in [0.05, 0.1) is 11.9 Å². The molecule has 0 bridgehead atoms. The lowest BCUT2D eigenvalue weighted by Crippen LogP contribution is -2.20. The molecule has 170 valence electrons. The maximum absolute atomic E-state index is 14.7. The van der Waals surface area contributed by atoms with Gasteiger partial charge in [0.15, 0.2) is 5.13 Å². The van der Waals surface area contributed by atoms with Gasteiger partial charge in [0.2, 0.25) is 0 Å². The number of hydrogen-bond acceptors (Lipinski definition) is 6. The summed E-state index contributed by atoms with van der Waals surface area (Å²) in [6.45, 7) is 2.02. The van der Waals surface area contributed by atoms with Gasteiger partial charge in [0.25, 0.3) is 10.0 Å². The Bertz CT molecular complexity index is 1250. The van der Waals surface area contributed by atoms with Crippen LogP contribution in [0.2, 0.25) is 9.36 Å². The lowest BCUT2D eigenvalue weighted by atomic mass is 10.1. The van der Waals surface area contributed by atoms with Gasteiger partial charge in [-0.2, -0.15) is 0 Å². The third-order valence-electron chi connectivity index (χ3n) is 4.97. The molecule has 6 nitrogen and oxygen atoms in total. The lowest BCUT2D eigenvalue weighted by molar-refractivity contribution is 0.557. The second-order valence-electron chi connectivity index (χ2n) is 7.16. The average Bonchev–Trinajstić information content (AvgIpc) is 3.40. The molecule has 2 N–H and O–H groups in total. The zero-order valence-electron chi connectivity index (χ0n) is 16.5. The fourth-order valence-electron chi connectivity index (χ4n) is 3.47. The summed E-state index contributed by atoms with van der Waals surface area (Å²) in [5.41, 5.74) is 1.66. The van der Waals surface area contributed by atoms with E-state index in [4.69, 9.17) is 23.2 Å². The van der Waals surface area contributed by atoms with Crippen LogP contribution in [0.3, 0.4) is 0 Å². The summed E-state index contributed by atoms with van der Waals surface area (Å²) in [5, 5.41) is 3.40. The van der Waals surface area contributed by atoms with Gasteiger partial charge in [-0.3, -0.25) is 4.72 Å². The monoisotopic (exact) mass is 518 g/mol. The zero-order chi connectivity index (χ0) is 22.9. The summed E-state index contributed by atoms with van der Waals surface area (Å²) in [5.74, 6) is -2.00. The largest absolute Gasteiger partial charge is 0.378 e. The first-order valence-electron chi connectivity index (χ1n) is 9.63. The molecule has 2 heterocycles. The van der Waals surface area contributed by atoms with Gasteiger partial charge in [0.1, 0.15) is 20.9 Å². The minimum absolute atomic E-state index is 0.0470. The average molecular weight is 519 g/mol. The van der Waals surface area contributed by atoms with Crippen LogP contribution in [0.4, 0.5) is 25.3 Å². The van der Waals surface area contributed by atoms with Crippen LogP contribution in [0.5, 0.6) is 0 Å². The number of nitrogens with zero attached hydrogens (tertiary/aromatic N) is 2. The number of aromatic nitrogens is 1. The lowest BCUT2D eigenvalue weighted by Gasteiger charge is -2.22. The van der Waals surface area contributed by atoms with Gasteiger partial charge >= 0.3 is 0 Å². The predicted molar refractivity (Wildman–Crippen MR) is 125 cm³/mol. The van der Waals surface area contributed by atoms with Gasteiger partial charge in [-0.25, -0.2) is 22.2 Å². The predicted octanol–water partition coefficient (Wildman–Crippen LogP) is 5.74. The van der Waals surface area contributed by atoms with Crippen molar-refractivity contribution in [3.05, 3.63) is 63.1 Å². The van der Waals surface area contributed by atoms with Crippen molar-refractivity contribution >= 4 is 61.1 Å². The minimum atomic E-state index is -4.38. The molecule has 0 radical (unpaired) electrons. The molecule has 12 heteroatoms. The molecule has 0 saturated carbocycles. The van der Waals surface area contributed by atoms with E-state index in [2.05, 4.69) is 19.9 Å². The van der Waals surface area contributed by atoms with Crippen molar-refractivity contribution in [2.45, 2.75) is 24.3 Å². The van der Waals surface area contributed by atoms with Gasteiger partial charge in [0, 0.05) is 36.4 Å². The number of sulfonamides is 1. The Labute approximate surface area is 198 Å². The van der Waals surface area contributed by atoms with Crippen molar-refractivity contribution in [1.82, 2.24) is 4.98 Å². The second-order valence-corrected chi connectivity index (χ2v) is 10.9. The maximum atomic E-state index is 14.7. The molecular formula is C20H18Cl2F2N4O2S2. The smallest absolute Gasteiger partial charge is 0.266 e.